The van der Waals surface area contributed by atoms with Gasteiger partial charge in [0.1, 0.15) is 0 Å². The van der Waals surface area contributed by atoms with E-state index in [0.29, 0.717) is 27.3 Å². The van der Waals surface area contributed by atoms with Gasteiger partial charge in [-0.2, -0.15) is 0 Å². The molecule has 0 saturated carbocycles. The number of hydrogen-bond donors (Lipinski definition) is 0. The fraction of sp³-hybridized carbons (Fsp3) is 0. The van der Waals surface area contributed by atoms with Crippen LogP contribution in [0.5, 0.6) is 0 Å². The summed E-state index contributed by atoms with van der Waals surface area (Å²) < 4.78 is 118. The first-order valence-corrected chi connectivity index (χ1v) is 34.2. The van der Waals surface area contributed by atoms with Crippen molar-refractivity contribution in [1.82, 2.24) is 0 Å². The molecule has 0 fully saturated rings. The average molecular weight is 1310 g/mol. The number of rotatable bonds is 6. The van der Waals surface area contributed by atoms with E-state index in [0.717, 1.165) is 70.7 Å². The minimum absolute atomic E-state index is 0.0813. The third-order valence-corrected chi connectivity index (χ3v) is 20.2. The van der Waals surface area contributed by atoms with Crippen molar-refractivity contribution in [2.45, 2.75) is 0 Å². The topological polar surface area (TPSA) is 0 Å². The molecule has 0 aliphatic carbocycles. The molecule has 21 rings (SSSR count). The Morgan fingerprint density at radius 2 is 0.353 bits per heavy atom. The largest absolute Gasteiger partial charge is 0.0629 e. The second kappa shape index (κ2) is 25.5. The highest BCUT2D eigenvalue weighted by molar-refractivity contribution is 6.26. The van der Waals surface area contributed by atoms with Gasteiger partial charge in [0.2, 0.25) is 0 Å². The zero-order valence-electron chi connectivity index (χ0n) is 69.0. The van der Waals surface area contributed by atoms with Crippen LogP contribution < -0.4 is 0 Å². The van der Waals surface area contributed by atoms with Crippen LogP contribution >= 0.6 is 0 Å². The van der Waals surface area contributed by atoms with Gasteiger partial charge in [-0.15, -0.1) is 0 Å². The molecule has 102 heavy (non-hydrogen) atoms. The monoisotopic (exact) mass is 1300 g/mol. The predicted octanol–water partition coefficient (Wildman–Crippen LogP) is 28.9. The summed E-state index contributed by atoms with van der Waals surface area (Å²) in [5, 5.41) is 24.2. The molecular formula is C102H66. The first-order chi connectivity index (χ1) is 56.4. The second-order valence-corrected chi connectivity index (χ2v) is 25.8. The lowest BCUT2D eigenvalue weighted by Gasteiger charge is -2.18. The Hall–Kier alpha value is -13.3. The smallest absolute Gasteiger partial charge is 0.0622 e. The quantitative estimate of drug-likeness (QED) is 0.115. The van der Waals surface area contributed by atoms with E-state index >= 15 is 0 Å². The Bertz CT molecular complexity index is 7540. The van der Waals surface area contributed by atoms with Gasteiger partial charge in [0, 0.05) is 0 Å². The van der Waals surface area contributed by atoms with Crippen molar-refractivity contribution >= 4 is 129 Å². The fourth-order valence-corrected chi connectivity index (χ4v) is 15.7. The van der Waals surface area contributed by atoms with Gasteiger partial charge in [-0.05, 0) is 214 Å². The van der Waals surface area contributed by atoms with Crippen LogP contribution in [0.4, 0.5) is 0 Å². The molecule has 0 N–H and O–H groups in total. The molecule has 0 amide bonds. The molecule has 0 unspecified atom stereocenters. The van der Waals surface area contributed by atoms with E-state index in [1.165, 1.54) is 86.9 Å². The standard InChI is InChI=1S/3C34H22/c3*1-2-11-25(12-3-1)33-28-14-6-8-16-30(28)34(31-17-9-7-15-29(31)33)26-21-20-24-19-18-23-10-4-5-13-27(23)32(24)22-26/h3*1-22H/i1D,2D,3D,4D,5D,10D,11D,12D,13D;1D,2D,3D,11D,12D;. The lowest BCUT2D eigenvalue weighted by atomic mass is 9.85. The van der Waals surface area contributed by atoms with Crippen molar-refractivity contribution in [3.8, 4) is 66.8 Å². The molecule has 0 heteroatoms. The van der Waals surface area contributed by atoms with E-state index in [4.69, 9.17) is 19.2 Å². The Morgan fingerprint density at radius 3 is 0.686 bits per heavy atom. The van der Waals surface area contributed by atoms with Crippen molar-refractivity contribution in [2.75, 3.05) is 0 Å². The molecule has 21 aromatic carbocycles. The van der Waals surface area contributed by atoms with E-state index in [1.54, 1.807) is 6.07 Å². The zero-order valence-corrected chi connectivity index (χ0v) is 55.0. The molecule has 0 heterocycles. The Morgan fingerprint density at radius 1 is 0.127 bits per heavy atom. The van der Waals surface area contributed by atoms with E-state index in [1.807, 2.05) is 109 Å². The molecule has 0 spiro atoms. The van der Waals surface area contributed by atoms with Gasteiger partial charge < -0.3 is 0 Å². The first kappa shape index (κ1) is 46.9. The minimum Gasteiger partial charge on any atom is -0.0622 e. The van der Waals surface area contributed by atoms with Crippen LogP contribution in [0.3, 0.4) is 0 Å². The summed E-state index contributed by atoms with van der Waals surface area (Å²) in [5.41, 5.74) is 10.6. The number of fused-ring (bicyclic) bond motifs is 15. The van der Waals surface area contributed by atoms with Crippen molar-refractivity contribution in [3.05, 3.63) is 400 Å². The number of benzene rings is 21. The lowest BCUT2D eigenvalue weighted by molar-refractivity contribution is 1.66. The molecule has 0 atom stereocenters. The van der Waals surface area contributed by atoms with Crippen LogP contribution in [0.1, 0.15) is 19.2 Å². The summed E-state index contributed by atoms with van der Waals surface area (Å²) in [6.07, 6.45) is 0. The van der Waals surface area contributed by atoms with Crippen LogP contribution in [-0.2, 0) is 0 Å². The molecule has 0 saturated heterocycles. The highest BCUT2D eigenvalue weighted by Gasteiger charge is 2.21. The third-order valence-electron chi connectivity index (χ3n) is 20.2. The summed E-state index contributed by atoms with van der Waals surface area (Å²) in [7, 11) is 0. The van der Waals surface area contributed by atoms with Crippen molar-refractivity contribution in [1.29, 1.82) is 0 Å². The maximum atomic E-state index is 8.74. The highest BCUT2D eigenvalue weighted by atomic mass is 14.2. The van der Waals surface area contributed by atoms with Gasteiger partial charge in [-0.3, -0.25) is 0 Å². The Labute approximate surface area is 612 Å². The van der Waals surface area contributed by atoms with E-state index in [9.17, 15) is 0 Å². The molecule has 0 radical (unpaired) electrons. The third kappa shape index (κ3) is 10.4. The second-order valence-electron chi connectivity index (χ2n) is 25.8. The van der Waals surface area contributed by atoms with Gasteiger partial charge in [0.15, 0.2) is 0 Å². The average Bonchev–Trinajstić information content (AvgIpc) is 0.727. The SMILES string of the molecule is [2H]c1c([2H])c([2H])c(-c2c3ccccc3c(-c3ccc4ccc5c([2H])c([2H])c([2H])c([2H])c5c4c3)c3ccccc23)c([2H])c1[2H].[2H]c1c([2H])c([2H])c(-c2c3ccccc3c(-c3ccc4ccc5ccccc5c4c3)c3ccccc23)c([2H])c1[2H].c1ccc(-c2c3ccccc3c(-c3ccc4ccc5ccccc5c4c3)c3ccccc23)cc1. The number of hydrogen-bond acceptors (Lipinski definition) is 0. The normalized spacial score (nSPS) is 13.5. The van der Waals surface area contributed by atoms with Crippen LogP contribution in [0, 0.1) is 0 Å². The molecule has 21 aromatic rings. The van der Waals surface area contributed by atoms with Gasteiger partial charge in [0.25, 0.3) is 0 Å². The maximum absolute atomic E-state index is 8.74. The summed E-state index contributed by atoms with van der Waals surface area (Å²) in [5.74, 6) is 0. The van der Waals surface area contributed by atoms with Crippen LogP contribution in [0.25, 0.3) is 196 Å². The Balaban J connectivity index is 0.000000117. The van der Waals surface area contributed by atoms with Crippen molar-refractivity contribution in [2.24, 2.45) is 0 Å². The first-order valence-electron chi connectivity index (χ1n) is 41.2. The van der Waals surface area contributed by atoms with Crippen molar-refractivity contribution < 1.29 is 19.2 Å². The summed E-state index contributed by atoms with van der Waals surface area (Å²) in [4.78, 5) is 0. The molecular weight excluding hydrogens is 1230 g/mol. The fourth-order valence-electron chi connectivity index (χ4n) is 15.7. The minimum atomic E-state index is -0.439. The van der Waals surface area contributed by atoms with Gasteiger partial charge in [-0.1, -0.05) is 382 Å². The lowest BCUT2D eigenvalue weighted by Crippen LogP contribution is -1.91. The molecule has 474 valence electrons. The molecule has 0 nitrogen and oxygen atoms in total. The van der Waals surface area contributed by atoms with Gasteiger partial charge in [-0.25, -0.2) is 0 Å². The zero-order chi connectivity index (χ0) is 79.6. The molecule has 0 bridgehead atoms. The van der Waals surface area contributed by atoms with Gasteiger partial charge >= 0.3 is 0 Å². The van der Waals surface area contributed by atoms with Crippen LogP contribution in [-0.4, -0.2) is 0 Å². The van der Waals surface area contributed by atoms with E-state index in [2.05, 4.69) is 200 Å². The van der Waals surface area contributed by atoms with E-state index in [-0.39, 0.29) is 89.7 Å². The molecule has 0 aliphatic heterocycles. The Kier molecular flexibility index (Phi) is 11.7. The summed E-state index contributed by atoms with van der Waals surface area (Å²) in [6.45, 7) is 0. The summed E-state index contributed by atoms with van der Waals surface area (Å²) >= 11 is 0. The maximum Gasteiger partial charge on any atom is 0.0629 e. The van der Waals surface area contributed by atoms with E-state index < -0.39 is 6.04 Å². The van der Waals surface area contributed by atoms with Crippen LogP contribution in [0.2, 0.25) is 0 Å². The predicted molar refractivity (Wildman–Crippen MR) is 442 cm³/mol. The highest BCUT2D eigenvalue weighted by Crippen LogP contribution is 2.49. The summed E-state index contributed by atoms with van der Waals surface area (Å²) in [6, 6.07) is 105. The van der Waals surface area contributed by atoms with Gasteiger partial charge in [0.05, 0.1) is 19.2 Å². The molecule has 0 aliphatic rings. The van der Waals surface area contributed by atoms with Crippen LogP contribution in [0.15, 0.2) is 400 Å². The molecule has 0 aromatic heterocycles. The van der Waals surface area contributed by atoms with Crippen molar-refractivity contribution in [3.63, 3.8) is 0 Å².